The van der Waals surface area contributed by atoms with Crippen molar-refractivity contribution < 1.29 is 0 Å². The molecule has 0 fully saturated rings. The molecular weight excluding hydrogens is 160 g/mol. The van der Waals surface area contributed by atoms with Crippen LogP contribution in [0.15, 0.2) is 24.4 Å². The van der Waals surface area contributed by atoms with Gasteiger partial charge in [-0.25, -0.2) is 0 Å². The molecule has 0 aliphatic heterocycles. The van der Waals surface area contributed by atoms with E-state index in [-0.39, 0.29) is 5.92 Å². The Hall–Kier alpha value is -1.75. The first-order chi connectivity index (χ1) is 6.33. The Labute approximate surface area is 77.0 Å². The lowest BCUT2D eigenvalue weighted by Crippen LogP contribution is -1.90. The van der Waals surface area contributed by atoms with Gasteiger partial charge in [0.25, 0.3) is 0 Å². The number of nitrogens with zero attached hydrogens (tertiary/aromatic N) is 1. The van der Waals surface area contributed by atoms with Gasteiger partial charge in [-0.2, -0.15) is 5.10 Å². The molecule has 1 atom stereocenters. The number of aromatic nitrogens is 2. The fraction of sp³-hybridized carbons (Fsp3) is 0.182. The van der Waals surface area contributed by atoms with E-state index in [1.165, 1.54) is 0 Å². The summed E-state index contributed by atoms with van der Waals surface area (Å²) in [5, 5.41) is 8.05. The van der Waals surface area contributed by atoms with Gasteiger partial charge in [0.15, 0.2) is 0 Å². The zero-order valence-electron chi connectivity index (χ0n) is 7.41. The van der Waals surface area contributed by atoms with Crippen molar-refractivity contribution >= 4 is 10.9 Å². The van der Waals surface area contributed by atoms with E-state index in [2.05, 4.69) is 16.1 Å². The zero-order valence-corrected chi connectivity index (χ0v) is 7.41. The van der Waals surface area contributed by atoms with E-state index in [0.717, 1.165) is 16.5 Å². The molecule has 0 saturated heterocycles. The maximum atomic E-state index is 5.38. The smallest absolute Gasteiger partial charge is 0.0694 e. The number of hydrogen-bond acceptors (Lipinski definition) is 1. The third-order valence-corrected chi connectivity index (χ3v) is 2.23. The molecule has 1 N–H and O–H groups in total. The van der Waals surface area contributed by atoms with Crippen molar-refractivity contribution in [3.63, 3.8) is 0 Å². The lowest BCUT2D eigenvalue weighted by molar-refractivity contribution is 1.00. The van der Waals surface area contributed by atoms with Gasteiger partial charge in [-0.1, -0.05) is 24.1 Å². The summed E-state index contributed by atoms with van der Waals surface area (Å²) in [6.07, 6.45) is 7.19. The standard InChI is InChI=1S/C11H10N2/c1-3-8(2)10-6-4-5-9-7-12-13-11(9)10/h1,4-8H,2H3,(H,12,13). The van der Waals surface area contributed by atoms with Gasteiger partial charge in [-0.15, -0.1) is 6.42 Å². The van der Waals surface area contributed by atoms with Crippen molar-refractivity contribution in [2.45, 2.75) is 12.8 Å². The number of benzene rings is 1. The molecule has 0 radical (unpaired) electrons. The summed E-state index contributed by atoms with van der Waals surface area (Å²) in [5.74, 6) is 2.84. The van der Waals surface area contributed by atoms with E-state index in [0.29, 0.717) is 0 Å². The first-order valence-corrected chi connectivity index (χ1v) is 4.21. The zero-order chi connectivity index (χ0) is 9.26. The molecule has 1 aromatic carbocycles. The van der Waals surface area contributed by atoms with E-state index in [1.54, 1.807) is 0 Å². The second-order valence-electron chi connectivity index (χ2n) is 3.07. The number of H-pyrrole nitrogens is 1. The molecule has 0 spiro atoms. The first-order valence-electron chi connectivity index (χ1n) is 4.21. The second kappa shape index (κ2) is 2.95. The van der Waals surface area contributed by atoms with E-state index in [1.807, 2.05) is 31.3 Å². The van der Waals surface area contributed by atoms with Crippen LogP contribution >= 0.6 is 0 Å². The summed E-state index contributed by atoms with van der Waals surface area (Å²) in [6, 6.07) is 6.05. The fourth-order valence-corrected chi connectivity index (χ4v) is 1.44. The van der Waals surface area contributed by atoms with Gasteiger partial charge in [0.05, 0.1) is 11.7 Å². The summed E-state index contributed by atoms with van der Waals surface area (Å²) in [5.41, 5.74) is 2.19. The maximum absolute atomic E-state index is 5.38. The van der Waals surface area contributed by atoms with E-state index in [9.17, 15) is 0 Å². The highest BCUT2D eigenvalue weighted by Crippen LogP contribution is 2.22. The lowest BCUT2D eigenvalue weighted by atomic mass is 10.00. The molecule has 0 aliphatic rings. The lowest BCUT2D eigenvalue weighted by Gasteiger charge is -2.04. The Morgan fingerprint density at radius 1 is 1.54 bits per heavy atom. The third-order valence-electron chi connectivity index (χ3n) is 2.23. The average molecular weight is 170 g/mol. The van der Waals surface area contributed by atoms with E-state index in [4.69, 9.17) is 6.42 Å². The van der Waals surface area contributed by atoms with Gasteiger partial charge in [0.2, 0.25) is 0 Å². The normalized spacial score (nSPS) is 12.6. The second-order valence-corrected chi connectivity index (χ2v) is 3.07. The molecule has 0 saturated carbocycles. The van der Waals surface area contributed by atoms with Crippen LogP contribution in [0.25, 0.3) is 10.9 Å². The van der Waals surface area contributed by atoms with Crippen molar-refractivity contribution in [1.29, 1.82) is 0 Å². The van der Waals surface area contributed by atoms with Crippen molar-refractivity contribution in [2.24, 2.45) is 0 Å². The van der Waals surface area contributed by atoms with Crippen LogP contribution in [0.5, 0.6) is 0 Å². The van der Waals surface area contributed by atoms with Crippen LogP contribution < -0.4 is 0 Å². The Morgan fingerprint density at radius 2 is 2.38 bits per heavy atom. The molecule has 2 rings (SSSR count). The summed E-state index contributed by atoms with van der Waals surface area (Å²) < 4.78 is 0. The molecule has 1 heterocycles. The Kier molecular flexibility index (Phi) is 1.79. The number of aromatic amines is 1. The Balaban J connectivity index is 2.69. The summed E-state index contributed by atoms with van der Waals surface area (Å²) in [6.45, 7) is 2.01. The average Bonchev–Trinajstić information content (AvgIpc) is 2.63. The topological polar surface area (TPSA) is 28.7 Å². The van der Waals surface area contributed by atoms with Gasteiger partial charge in [-0.05, 0) is 12.5 Å². The molecule has 0 aliphatic carbocycles. The van der Waals surface area contributed by atoms with Crippen LogP contribution in [0, 0.1) is 12.3 Å². The number of rotatable bonds is 1. The largest absolute Gasteiger partial charge is 0.278 e. The number of para-hydroxylation sites is 1. The summed E-state index contributed by atoms with van der Waals surface area (Å²) in [4.78, 5) is 0. The van der Waals surface area contributed by atoms with Gasteiger partial charge in [0, 0.05) is 11.3 Å². The molecule has 2 heteroatoms. The first kappa shape index (κ1) is 7.88. The highest BCUT2D eigenvalue weighted by atomic mass is 15.1. The Bertz CT molecular complexity index is 462. The highest BCUT2D eigenvalue weighted by molar-refractivity contribution is 5.82. The molecule has 1 unspecified atom stereocenters. The molecule has 0 bridgehead atoms. The number of terminal acetylenes is 1. The predicted molar refractivity (Wildman–Crippen MR) is 53.3 cm³/mol. The molecular formula is C11H10N2. The van der Waals surface area contributed by atoms with Crippen LogP contribution in [-0.2, 0) is 0 Å². The van der Waals surface area contributed by atoms with E-state index >= 15 is 0 Å². The van der Waals surface area contributed by atoms with Gasteiger partial charge in [-0.3, -0.25) is 5.10 Å². The molecule has 2 aromatic rings. The van der Waals surface area contributed by atoms with Gasteiger partial charge in [0.1, 0.15) is 0 Å². The summed E-state index contributed by atoms with van der Waals surface area (Å²) >= 11 is 0. The Morgan fingerprint density at radius 3 is 3.15 bits per heavy atom. The van der Waals surface area contributed by atoms with Crippen LogP contribution in [-0.4, -0.2) is 10.2 Å². The molecule has 0 amide bonds. The molecule has 64 valence electrons. The predicted octanol–water partition coefficient (Wildman–Crippen LogP) is 2.30. The van der Waals surface area contributed by atoms with Gasteiger partial charge < -0.3 is 0 Å². The van der Waals surface area contributed by atoms with Crippen molar-refractivity contribution in [3.05, 3.63) is 30.0 Å². The van der Waals surface area contributed by atoms with Crippen molar-refractivity contribution in [1.82, 2.24) is 10.2 Å². The monoisotopic (exact) mass is 170 g/mol. The van der Waals surface area contributed by atoms with Crippen molar-refractivity contribution in [3.8, 4) is 12.3 Å². The fourth-order valence-electron chi connectivity index (χ4n) is 1.44. The third kappa shape index (κ3) is 1.19. The molecule has 2 nitrogen and oxygen atoms in total. The van der Waals surface area contributed by atoms with E-state index < -0.39 is 0 Å². The van der Waals surface area contributed by atoms with Crippen LogP contribution in [0.4, 0.5) is 0 Å². The number of fused-ring (bicyclic) bond motifs is 1. The number of nitrogens with one attached hydrogen (secondary N) is 1. The maximum Gasteiger partial charge on any atom is 0.0694 e. The minimum absolute atomic E-state index is 0.129. The summed E-state index contributed by atoms with van der Waals surface area (Å²) in [7, 11) is 0. The van der Waals surface area contributed by atoms with Crippen LogP contribution in [0.1, 0.15) is 18.4 Å². The van der Waals surface area contributed by atoms with Crippen LogP contribution in [0.3, 0.4) is 0 Å². The van der Waals surface area contributed by atoms with Gasteiger partial charge >= 0.3 is 0 Å². The SMILES string of the molecule is C#CC(C)c1cccc2cn[nH]c12. The quantitative estimate of drug-likeness (QED) is 0.653. The number of hydrogen-bond donors (Lipinski definition) is 1. The van der Waals surface area contributed by atoms with Crippen LogP contribution in [0.2, 0.25) is 0 Å². The molecule has 1 aromatic heterocycles. The minimum Gasteiger partial charge on any atom is -0.278 e. The molecule has 13 heavy (non-hydrogen) atoms. The highest BCUT2D eigenvalue weighted by Gasteiger charge is 2.06. The minimum atomic E-state index is 0.129. The van der Waals surface area contributed by atoms with Crippen molar-refractivity contribution in [2.75, 3.05) is 0 Å².